The lowest BCUT2D eigenvalue weighted by Crippen LogP contribution is -1.92. The SMILES string of the molecule is Cc1ncc(CCc2nc(-c3cn(C)c4ccccc34)no2)[nH]1.Cl.O. The lowest BCUT2D eigenvalue weighted by Gasteiger charge is -1.93. The minimum atomic E-state index is 0. The smallest absolute Gasteiger partial charge is 0.227 e. The van der Waals surface area contributed by atoms with Crippen LogP contribution in [0.15, 0.2) is 41.2 Å². The van der Waals surface area contributed by atoms with Gasteiger partial charge in [-0.1, -0.05) is 23.4 Å². The molecule has 8 heteroatoms. The molecule has 3 aromatic heterocycles. The van der Waals surface area contributed by atoms with Crippen molar-refractivity contribution in [2.75, 3.05) is 0 Å². The maximum atomic E-state index is 5.40. The largest absolute Gasteiger partial charge is 0.412 e. The number of hydrogen-bond donors (Lipinski definition) is 1. The van der Waals surface area contributed by atoms with Gasteiger partial charge in [-0.15, -0.1) is 12.4 Å². The van der Waals surface area contributed by atoms with Crippen LogP contribution in [0.25, 0.3) is 22.3 Å². The molecule has 0 aliphatic carbocycles. The molecule has 25 heavy (non-hydrogen) atoms. The van der Waals surface area contributed by atoms with E-state index in [-0.39, 0.29) is 17.9 Å². The number of aromatic nitrogens is 5. The summed E-state index contributed by atoms with van der Waals surface area (Å²) in [6.45, 7) is 1.94. The summed E-state index contributed by atoms with van der Waals surface area (Å²) in [6.07, 6.45) is 5.38. The summed E-state index contributed by atoms with van der Waals surface area (Å²) in [5.74, 6) is 2.19. The zero-order valence-electron chi connectivity index (χ0n) is 14.0. The number of nitrogens with one attached hydrogen (secondary N) is 1. The molecule has 0 atom stereocenters. The number of halogens is 1. The van der Waals surface area contributed by atoms with Crippen molar-refractivity contribution >= 4 is 23.3 Å². The Morgan fingerprint density at radius 3 is 2.76 bits per heavy atom. The van der Waals surface area contributed by atoms with Gasteiger partial charge in [0.2, 0.25) is 11.7 Å². The molecule has 7 nitrogen and oxygen atoms in total. The second kappa shape index (κ2) is 7.50. The van der Waals surface area contributed by atoms with Gasteiger partial charge in [0, 0.05) is 48.0 Å². The second-order valence-corrected chi connectivity index (χ2v) is 5.68. The van der Waals surface area contributed by atoms with E-state index in [9.17, 15) is 0 Å². The Balaban J connectivity index is 0.00000113. The summed E-state index contributed by atoms with van der Waals surface area (Å²) >= 11 is 0. The third kappa shape index (κ3) is 3.57. The van der Waals surface area contributed by atoms with Gasteiger partial charge in [-0.05, 0) is 19.4 Å². The van der Waals surface area contributed by atoms with E-state index in [1.807, 2.05) is 38.5 Å². The van der Waals surface area contributed by atoms with Crippen molar-refractivity contribution in [3.05, 3.63) is 54.1 Å². The Labute approximate surface area is 150 Å². The highest BCUT2D eigenvalue weighted by Crippen LogP contribution is 2.28. The van der Waals surface area contributed by atoms with Crippen LogP contribution in [-0.2, 0) is 19.9 Å². The van der Waals surface area contributed by atoms with Crippen molar-refractivity contribution in [3.8, 4) is 11.4 Å². The maximum Gasteiger partial charge on any atom is 0.227 e. The molecule has 0 aliphatic rings. The molecule has 132 valence electrons. The summed E-state index contributed by atoms with van der Waals surface area (Å²) in [5.41, 5.74) is 3.23. The van der Waals surface area contributed by atoms with Crippen LogP contribution in [0.2, 0.25) is 0 Å². The van der Waals surface area contributed by atoms with E-state index in [0.717, 1.165) is 34.4 Å². The van der Waals surface area contributed by atoms with Crippen molar-refractivity contribution in [2.24, 2.45) is 7.05 Å². The van der Waals surface area contributed by atoms with Crippen LogP contribution < -0.4 is 0 Å². The Morgan fingerprint density at radius 2 is 2.00 bits per heavy atom. The standard InChI is InChI=1S/C17H17N5O.ClH.H2O/c1-11-18-9-12(19-11)7-8-16-20-17(21-23-16)14-10-22(2)15-6-4-3-5-13(14)15;;/h3-6,9-10H,7-8H2,1-2H3,(H,18,19);1H;1H2. The van der Waals surface area contributed by atoms with Gasteiger partial charge in [-0.2, -0.15) is 4.98 Å². The zero-order chi connectivity index (χ0) is 15.8. The van der Waals surface area contributed by atoms with Crippen LogP contribution in [0.1, 0.15) is 17.4 Å². The highest BCUT2D eigenvalue weighted by atomic mass is 35.5. The summed E-state index contributed by atoms with van der Waals surface area (Å²) in [4.78, 5) is 11.9. The lowest BCUT2D eigenvalue weighted by molar-refractivity contribution is 0.378. The number of imidazole rings is 1. The Kier molecular flexibility index (Phi) is 5.61. The minimum Gasteiger partial charge on any atom is -0.412 e. The van der Waals surface area contributed by atoms with Gasteiger partial charge in [-0.25, -0.2) is 4.98 Å². The number of aryl methyl sites for hydroxylation is 4. The quantitative estimate of drug-likeness (QED) is 0.603. The Bertz CT molecular complexity index is 972. The molecule has 0 aliphatic heterocycles. The number of aromatic amines is 1. The van der Waals surface area contributed by atoms with Crippen molar-refractivity contribution in [2.45, 2.75) is 19.8 Å². The van der Waals surface area contributed by atoms with Crippen molar-refractivity contribution in [1.29, 1.82) is 0 Å². The first kappa shape index (κ1) is 18.7. The molecule has 1 aromatic carbocycles. The van der Waals surface area contributed by atoms with E-state index >= 15 is 0 Å². The van der Waals surface area contributed by atoms with Crippen LogP contribution in [-0.4, -0.2) is 30.2 Å². The van der Waals surface area contributed by atoms with Gasteiger partial charge in [0.15, 0.2) is 0 Å². The fourth-order valence-electron chi connectivity index (χ4n) is 2.83. The molecule has 4 aromatic rings. The van der Waals surface area contributed by atoms with Crippen molar-refractivity contribution in [1.82, 2.24) is 24.7 Å². The number of rotatable bonds is 4. The first-order chi connectivity index (χ1) is 11.2. The predicted octanol–water partition coefficient (Wildman–Crippen LogP) is 2.64. The molecule has 0 radical (unpaired) electrons. The molecular formula is C17H20ClN5O2. The van der Waals surface area contributed by atoms with E-state index < -0.39 is 0 Å². The molecule has 0 amide bonds. The summed E-state index contributed by atoms with van der Waals surface area (Å²) < 4.78 is 7.48. The van der Waals surface area contributed by atoms with E-state index in [2.05, 4.69) is 36.8 Å². The molecule has 0 unspecified atom stereocenters. The van der Waals surface area contributed by atoms with E-state index in [1.54, 1.807) is 0 Å². The average molecular weight is 362 g/mol. The summed E-state index contributed by atoms with van der Waals surface area (Å²) in [7, 11) is 2.02. The average Bonchev–Trinajstić information content (AvgIpc) is 3.25. The normalized spacial score (nSPS) is 10.5. The third-order valence-corrected chi connectivity index (χ3v) is 3.97. The molecule has 0 bridgehead atoms. The summed E-state index contributed by atoms with van der Waals surface area (Å²) in [5, 5.41) is 5.27. The van der Waals surface area contributed by atoms with Crippen molar-refractivity contribution in [3.63, 3.8) is 0 Å². The molecule has 3 N–H and O–H groups in total. The third-order valence-electron chi connectivity index (χ3n) is 3.97. The number of para-hydroxylation sites is 1. The molecule has 4 rings (SSSR count). The second-order valence-electron chi connectivity index (χ2n) is 5.68. The predicted molar refractivity (Wildman–Crippen MR) is 97.8 cm³/mol. The first-order valence-electron chi connectivity index (χ1n) is 7.58. The van der Waals surface area contributed by atoms with Crippen LogP contribution in [0.5, 0.6) is 0 Å². The number of fused-ring (bicyclic) bond motifs is 1. The van der Waals surface area contributed by atoms with E-state index in [0.29, 0.717) is 18.1 Å². The van der Waals surface area contributed by atoms with Gasteiger partial charge >= 0.3 is 0 Å². The highest BCUT2D eigenvalue weighted by molar-refractivity contribution is 5.94. The number of hydrogen-bond acceptors (Lipinski definition) is 4. The highest BCUT2D eigenvalue weighted by Gasteiger charge is 2.14. The Hall–Kier alpha value is -2.64. The molecule has 0 saturated heterocycles. The lowest BCUT2D eigenvalue weighted by atomic mass is 10.1. The fraction of sp³-hybridized carbons (Fsp3) is 0.235. The Morgan fingerprint density at radius 1 is 1.20 bits per heavy atom. The molecule has 0 fully saturated rings. The van der Waals surface area contributed by atoms with Gasteiger partial charge < -0.3 is 19.6 Å². The van der Waals surface area contributed by atoms with Crippen molar-refractivity contribution < 1.29 is 10.00 Å². The molecular weight excluding hydrogens is 342 g/mol. The summed E-state index contributed by atoms with van der Waals surface area (Å²) in [6, 6.07) is 8.21. The molecule has 0 saturated carbocycles. The first-order valence-corrected chi connectivity index (χ1v) is 7.58. The maximum absolute atomic E-state index is 5.40. The van der Waals surface area contributed by atoms with Gasteiger partial charge in [0.1, 0.15) is 5.82 Å². The fourth-order valence-corrected chi connectivity index (χ4v) is 2.83. The number of H-pyrrole nitrogens is 1. The number of nitrogens with zero attached hydrogens (tertiary/aromatic N) is 4. The van der Waals surface area contributed by atoms with Gasteiger partial charge in [0.25, 0.3) is 0 Å². The number of benzene rings is 1. The van der Waals surface area contributed by atoms with Gasteiger partial charge in [-0.3, -0.25) is 0 Å². The monoisotopic (exact) mass is 361 g/mol. The van der Waals surface area contributed by atoms with Gasteiger partial charge in [0.05, 0.1) is 0 Å². The molecule has 3 heterocycles. The van der Waals surface area contributed by atoms with Crippen LogP contribution in [0.4, 0.5) is 0 Å². The zero-order valence-corrected chi connectivity index (χ0v) is 14.8. The topological polar surface area (TPSA) is 104 Å². The van der Waals surface area contributed by atoms with Crippen LogP contribution in [0, 0.1) is 6.92 Å². The van der Waals surface area contributed by atoms with Crippen LogP contribution >= 0.6 is 12.4 Å². The van der Waals surface area contributed by atoms with E-state index in [4.69, 9.17) is 4.52 Å². The van der Waals surface area contributed by atoms with Crippen LogP contribution in [0.3, 0.4) is 0 Å². The minimum absolute atomic E-state index is 0. The van der Waals surface area contributed by atoms with E-state index in [1.165, 1.54) is 0 Å². The molecule has 0 spiro atoms.